The molecule has 0 saturated carbocycles. The van der Waals surface area contributed by atoms with Crippen molar-refractivity contribution in [1.82, 2.24) is 30.3 Å². The molecule has 0 radical (unpaired) electrons. The van der Waals surface area contributed by atoms with Crippen LogP contribution in [0.5, 0.6) is 0 Å². The molecule has 35 heavy (non-hydrogen) atoms. The van der Waals surface area contributed by atoms with Gasteiger partial charge in [0.1, 0.15) is 0 Å². The number of aromatic nitrogens is 3. The number of nitrogens with zero attached hydrogens (tertiary/aromatic N) is 4. The lowest BCUT2D eigenvalue weighted by atomic mass is 10.0. The van der Waals surface area contributed by atoms with Crippen LogP contribution in [-0.2, 0) is 17.9 Å². The van der Waals surface area contributed by atoms with E-state index in [4.69, 9.17) is 0 Å². The third kappa shape index (κ3) is 5.26. The minimum absolute atomic E-state index is 0.0856. The van der Waals surface area contributed by atoms with Gasteiger partial charge in [-0.15, -0.1) is 0 Å². The second-order valence-electron chi connectivity index (χ2n) is 8.63. The molecule has 3 aromatic rings. The van der Waals surface area contributed by atoms with Crippen LogP contribution in [0.25, 0.3) is 11.0 Å². The molecular formula is C25H31N7O3. The number of piperidine rings is 1. The first-order chi connectivity index (χ1) is 16.9. The van der Waals surface area contributed by atoms with Gasteiger partial charge >= 0.3 is 0 Å². The van der Waals surface area contributed by atoms with Gasteiger partial charge in [-0.3, -0.25) is 14.4 Å². The maximum atomic E-state index is 13.2. The Labute approximate surface area is 204 Å². The van der Waals surface area contributed by atoms with Gasteiger partial charge in [0.25, 0.3) is 11.8 Å². The molecule has 1 saturated heterocycles. The van der Waals surface area contributed by atoms with Gasteiger partial charge in [-0.05, 0) is 37.5 Å². The molecule has 3 heterocycles. The summed E-state index contributed by atoms with van der Waals surface area (Å²) in [4.78, 5) is 43.0. The Morgan fingerprint density at radius 3 is 2.40 bits per heavy atom. The molecule has 10 heteroatoms. The molecule has 0 atom stereocenters. The van der Waals surface area contributed by atoms with E-state index in [0.29, 0.717) is 43.0 Å². The van der Waals surface area contributed by atoms with Gasteiger partial charge in [-0.2, -0.15) is 5.10 Å². The Morgan fingerprint density at radius 2 is 1.77 bits per heavy atom. The van der Waals surface area contributed by atoms with E-state index < -0.39 is 0 Å². The lowest BCUT2D eigenvalue weighted by Gasteiger charge is -2.32. The number of hydrogen-bond donors (Lipinski definition) is 3. The number of likely N-dealkylation sites (tertiary alicyclic amines) is 1. The average molecular weight is 478 g/mol. The van der Waals surface area contributed by atoms with Crippen molar-refractivity contribution < 1.29 is 14.4 Å². The van der Waals surface area contributed by atoms with Crippen LogP contribution < -0.4 is 16.0 Å². The summed E-state index contributed by atoms with van der Waals surface area (Å²) in [5.74, 6) is -0.317. The van der Waals surface area contributed by atoms with Gasteiger partial charge < -0.3 is 20.9 Å². The van der Waals surface area contributed by atoms with Gasteiger partial charge in [-0.1, -0.05) is 12.1 Å². The summed E-state index contributed by atoms with van der Waals surface area (Å²) in [6.45, 7) is 5.94. The number of nitrogens with one attached hydrogen (secondary N) is 3. The molecule has 0 spiro atoms. The summed E-state index contributed by atoms with van der Waals surface area (Å²) in [7, 11) is 1.59. The smallest absolute Gasteiger partial charge is 0.255 e. The summed E-state index contributed by atoms with van der Waals surface area (Å²) in [5.41, 5.74) is 3.32. The lowest BCUT2D eigenvalue weighted by Crippen LogP contribution is -2.41. The summed E-state index contributed by atoms with van der Waals surface area (Å²) in [6, 6.07) is 7.23. The Morgan fingerprint density at radius 1 is 1.06 bits per heavy atom. The first-order valence-corrected chi connectivity index (χ1v) is 11.9. The third-order valence-electron chi connectivity index (χ3n) is 6.40. The van der Waals surface area contributed by atoms with Crippen molar-refractivity contribution in [2.75, 3.05) is 25.5 Å². The van der Waals surface area contributed by atoms with E-state index in [-0.39, 0.29) is 23.8 Å². The van der Waals surface area contributed by atoms with Crippen LogP contribution >= 0.6 is 0 Å². The van der Waals surface area contributed by atoms with Crippen LogP contribution in [0.15, 0.2) is 36.7 Å². The van der Waals surface area contributed by atoms with Gasteiger partial charge in [-0.25, -0.2) is 9.67 Å². The third-order valence-corrected chi connectivity index (χ3v) is 6.40. The topological polar surface area (TPSA) is 121 Å². The maximum Gasteiger partial charge on any atom is 0.255 e. The highest BCUT2D eigenvalue weighted by atomic mass is 16.2. The highest BCUT2D eigenvalue weighted by Crippen LogP contribution is 2.28. The zero-order valence-electron chi connectivity index (χ0n) is 20.3. The molecule has 10 nitrogen and oxygen atoms in total. The number of amides is 3. The van der Waals surface area contributed by atoms with E-state index in [1.165, 1.54) is 0 Å². The Balaban J connectivity index is 1.54. The van der Waals surface area contributed by atoms with Crippen LogP contribution in [0.4, 0.5) is 5.69 Å². The van der Waals surface area contributed by atoms with Crippen LogP contribution in [0, 0.1) is 0 Å². The highest BCUT2D eigenvalue weighted by molar-refractivity contribution is 6.06. The molecule has 1 fully saturated rings. The zero-order chi connectivity index (χ0) is 24.9. The van der Waals surface area contributed by atoms with Crippen LogP contribution in [0.1, 0.15) is 53.0 Å². The van der Waals surface area contributed by atoms with E-state index in [9.17, 15) is 14.4 Å². The summed E-state index contributed by atoms with van der Waals surface area (Å²) in [6.07, 6.45) is 4.93. The summed E-state index contributed by atoms with van der Waals surface area (Å²) < 4.78 is 1.80. The molecule has 184 valence electrons. The Hall–Kier alpha value is -3.95. The second-order valence-corrected chi connectivity index (χ2v) is 8.63. The molecule has 4 rings (SSSR count). The Kier molecular flexibility index (Phi) is 7.28. The molecule has 1 aliphatic rings. The molecule has 0 aliphatic carbocycles. The zero-order valence-corrected chi connectivity index (χ0v) is 20.3. The number of carbonyl (C=O) groups excluding carboxylic acids is 3. The van der Waals surface area contributed by atoms with Gasteiger partial charge in [0.05, 0.1) is 22.8 Å². The number of anilines is 1. The highest BCUT2D eigenvalue weighted by Gasteiger charge is 2.24. The first kappa shape index (κ1) is 24.2. The number of aryl methyl sites for hydroxylation is 1. The van der Waals surface area contributed by atoms with Gasteiger partial charge in [0, 0.05) is 58.0 Å². The van der Waals surface area contributed by atoms with Crippen molar-refractivity contribution in [1.29, 1.82) is 0 Å². The fraction of sp³-hybridized carbons (Fsp3) is 0.400. The number of benzene rings is 1. The van der Waals surface area contributed by atoms with Crippen molar-refractivity contribution in [3.63, 3.8) is 0 Å². The fourth-order valence-electron chi connectivity index (χ4n) is 4.32. The van der Waals surface area contributed by atoms with E-state index in [2.05, 4.69) is 26.0 Å². The maximum absolute atomic E-state index is 13.2. The quantitative estimate of drug-likeness (QED) is 0.480. The number of pyridine rings is 1. The second kappa shape index (κ2) is 10.5. The fourth-order valence-corrected chi connectivity index (χ4v) is 4.32. The lowest BCUT2D eigenvalue weighted by molar-refractivity contribution is -0.129. The molecular weight excluding hydrogens is 446 g/mol. The van der Waals surface area contributed by atoms with Crippen molar-refractivity contribution in [3.8, 4) is 0 Å². The monoisotopic (exact) mass is 477 g/mol. The predicted molar refractivity (Wildman–Crippen MR) is 133 cm³/mol. The summed E-state index contributed by atoms with van der Waals surface area (Å²) >= 11 is 0. The van der Waals surface area contributed by atoms with Crippen LogP contribution in [0.2, 0.25) is 0 Å². The number of hydrogen-bond acceptors (Lipinski definition) is 6. The number of carbonyl (C=O) groups is 3. The van der Waals surface area contributed by atoms with Gasteiger partial charge in [0.15, 0.2) is 5.65 Å². The minimum atomic E-state index is -0.248. The number of fused-ring (bicyclic) bond motifs is 1. The van der Waals surface area contributed by atoms with Crippen LogP contribution in [0.3, 0.4) is 0 Å². The van der Waals surface area contributed by atoms with Crippen molar-refractivity contribution >= 4 is 34.4 Å². The normalized spacial score (nSPS) is 14.1. The van der Waals surface area contributed by atoms with E-state index in [1.54, 1.807) is 43.2 Å². The molecule has 0 bridgehead atoms. The van der Waals surface area contributed by atoms with E-state index in [1.807, 2.05) is 24.0 Å². The minimum Gasteiger partial charge on any atom is -0.381 e. The van der Waals surface area contributed by atoms with E-state index in [0.717, 1.165) is 29.4 Å². The summed E-state index contributed by atoms with van der Waals surface area (Å²) in [5, 5.41) is 14.3. The van der Waals surface area contributed by atoms with Crippen LogP contribution in [-0.4, -0.2) is 63.6 Å². The standard InChI is InChI=1S/C25H31N7O3/c1-4-32-23-20(15-29-32)22(30-19-9-11-31(12-10-19)16(2)33)21(14-27-23)25(35)28-13-17-5-7-18(8-6-17)24(34)26-3/h5-8,14-15,19H,4,9-13H2,1-3H3,(H,26,34)(H,27,30)(H,28,35). The molecule has 1 aromatic carbocycles. The van der Waals surface area contributed by atoms with E-state index >= 15 is 0 Å². The molecule has 1 aliphatic heterocycles. The molecule has 2 aromatic heterocycles. The molecule has 0 unspecified atom stereocenters. The number of rotatable bonds is 7. The van der Waals surface area contributed by atoms with Crippen molar-refractivity contribution in [3.05, 3.63) is 53.3 Å². The predicted octanol–water partition coefficient (Wildman–Crippen LogP) is 2.16. The molecule has 3 amide bonds. The van der Waals surface area contributed by atoms with Gasteiger partial charge in [0.2, 0.25) is 5.91 Å². The SMILES string of the molecule is CCn1ncc2c(NC3CCN(C(C)=O)CC3)c(C(=O)NCc3ccc(C(=O)NC)cc3)cnc21. The van der Waals surface area contributed by atoms with Crippen molar-refractivity contribution in [2.45, 2.75) is 45.8 Å². The first-order valence-electron chi connectivity index (χ1n) is 11.9. The largest absolute Gasteiger partial charge is 0.381 e. The Bertz CT molecular complexity index is 1230. The molecule has 3 N–H and O–H groups in total. The van der Waals surface area contributed by atoms with Crippen molar-refractivity contribution in [2.24, 2.45) is 0 Å². The average Bonchev–Trinajstić information content (AvgIpc) is 3.31.